The molecule has 3 rings (SSSR count). The highest BCUT2D eigenvalue weighted by Gasteiger charge is 2.40. The van der Waals surface area contributed by atoms with E-state index in [9.17, 15) is 9.59 Å². The van der Waals surface area contributed by atoms with Crippen LogP contribution in [-0.2, 0) is 14.3 Å². The summed E-state index contributed by atoms with van der Waals surface area (Å²) in [4.78, 5) is 22.8. The van der Waals surface area contributed by atoms with E-state index in [1.54, 1.807) is 0 Å². The lowest BCUT2D eigenvalue weighted by Gasteiger charge is -2.32. The molecule has 0 atom stereocenters. The van der Waals surface area contributed by atoms with Crippen molar-refractivity contribution in [2.24, 2.45) is 0 Å². The maximum absolute atomic E-state index is 12.1. The summed E-state index contributed by atoms with van der Waals surface area (Å²) in [7, 11) is -2.67. The molecule has 0 spiro atoms. The molecule has 0 aliphatic rings. The largest absolute Gasteiger partial charge is 0.478 e. The monoisotopic (exact) mass is 388 g/mol. The molecular formula is C23H20O4Si. The van der Waals surface area contributed by atoms with E-state index in [1.807, 2.05) is 54.6 Å². The molecule has 0 amide bonds. The van der Waals surface area contributed by atoms with Crippen LogP contribution in [0.25, 0.3) is 0 Å². The van der Waals surface area contributed by atoms with Crippen LogP contribution < -0.4 is 15.6 Å². The van der Waals surface area contributed by atoms with Crippen LogP contribution in [0, 0.1) is 0 Å². The molecule has 28 heavy (non-hydrogen) atoms. The summed E-state index contributed by atoms with van der Waals surface area (Å²) >= 11 is 0. The molecule has 0 unspecified atom stereocenters. The first-order chi connectivity index (χ1) is 13.6. The predicted molar refractivity (Wildman–Crippen MR) is 112 cm³/mol. The number of hydrogen-bond donors (Lipinski definition) is 1. The standard InChI is InChI=1S/C23H20O4Si/c24-22(25)16-17-23(26)27-18-28(19-10-4-1-5-11-19,20-12-6-2-7-13-20)21-14-8-3-9-15-21/h1-17H,18H2,(H,24,25)/b17-16+. The molecule has 4 nitrogen and oxygen atoms in total. The fraction of sp³-hybridized carbons (Fsp3) is 0.0435. The number of esters is 1. The molecule has 0 saturated carbocycles. The van der Waals surface area contributed by atoms with Crippen molar-refractivity contribution in [1.82, 2.24) is 0 Å². The van der Waals surface area contributed by atoms with Gasteiger partial charge in [0.1, 0.15) is 0 Å². The molecule has 5 heteroatoms. The van der Waals surface area contributed by atoms with Crippen LogP contribution in [0.4, 0.5) is 0 Å². The predicted octanol–water partition coefficient (Wildman–Crippen LogP) is 1.88. The average Bonchev–Trinajstić information content (AvgIpc) is 2.75. The summed E-state index contributed by atoms with van der Waals surface area (Å²) in [5, 5.41) is 12.1. The van der Waals surface area contributed by atoms with Gasteiger partial charge >= 0.3 is 11.9 Å². The zero-order chi connectivity index (χ0) is 19.8. The fourth-order valence-electron chi connectivity index (χ4n) is 3.28. The third-order valence-corrected chi connectivity index (χ3v) is 9.13. The van der Waals surface area contributed by atoms with Crippen LogP contribution in [0.3, 0.4) is 0 Å². The van der Waals surface area contributed by atoms with Crippen molar-refractivity contribution in [2.45, 2.75) is 0 Å². The Balaban J connectivity index is 2.11. The zero-order valence-corrected chi connectivity index (χ0v) is 16.2. The van der Waals surface area contributed by atoms with E-state index in [-0.39, 0.29) is 6.23 Å². The number of hydrogen-bond acceptors (Lipinski definition) is 3. The molecule has 0 aliphatic heterocycles. The van der Waals surface area contributed by atoms with Crippen LogP contribution in [0.5, 0.6) is 0 Å². The Morgan fingerprint density at radius 1 is 0.714 bits per heavy atom. The molecule has 0 fully saturated rings. The van der Waals surface area contributed by atoms with Gasteiger partial charge in [-0.15, -0.1) is 0 Å². The summed E-state index contributed by atoms with van der Waals surface area (Å²) < 4.78 is 5.59. The van der Waals surface area contributed by atoms with Gasteiger partial charge < -0.3 is 9.84 Å². The summed E-state index contributed by atoms with van der Waals surface area (Å²) in [5.74, 6) is -1.85. The van der Waals surface area contributed by atoms with E-state index >= 15 is 0 Å². The van der Waals surface area contributed by atoms with Gasteiger partial charge in [0, 0.05) is 12.2 Å². The Morgan fingerprint density at radius 2 is 1.11 bits per heavy atom. The van der Waals surface area contributed by atoms with Crippen molar-refractivity contribution in [3.63, 3.8) is 0 Å². The smallest absolute Gasteiger partial charge is 0.330 e. The molecule has 0 aromatic heterocycles. The lowest BCUT2D eigenvalue weighted by molar-refractivity contribution is -0.137. The average molecular weight is 388 g/mol. The number of ether oxygens (including phenoxy) is 1. The van der Waals surface area contributed by atoms with Crippen molar-refractivity contribution in [3.05, 3.63) is 103 Å². The SMILES string of the molecule is O=C(O)/C=C/C(=O)OC[Si](c1ccccc1)(c1ccccc1)c1ccccc1. The Morgan fingerprint density at radius 3 is 1.46 bits per heavy atom. The van der Waals surface area contributed by atoms with Gasteiger partial charge in [-0.3, -0.25) is 0 Å². The van der Waals surface area contributed by atoms with E-state index in [4.69, 9.17) is 9.84 Å². The van der Waals surface area contributed by atoms with Gasteiger partial charge in [-0.25, -0.2) is 9.59 Å². The van der Waals surface area contributed by atoms with Gasteiger partial charge in [0.25, 0.3) is 0 Å². The minimum atomic E-state index is -2.67. The second kappa shape index (κ2) is 8.97. The summed E-state index contributed by atoms with van der Waals surface area (Å²) in [6.07, 6.45) is 1.91. The van der Waals surface area contributed by atoms with Crippen LogP contribution in [0.2, 0.25) is 0 Å². The minimum Gasteiger partial charge on any atom is -0.478 e. The molecule has 3 aromatic carbocycles. The van der Waals surface area contributed by atoms with E-state index in [0.29, 0.717) is 0 Å². The highest BCUT2D eigenvalue weighted by Crippen LogP contribution is 2.09. The van der Waals surface area contributed by atoms with Crippen molar-refractivity contribution in [1.29, 1.82) is 0 Å². The number of carboxylic acid groups (broad SMARTS) is 1. The van der Waals surface area contributed by atoms with Crippen LogP contribution in [0.15, 0.2) is 103 Å². The number of carboxylic acids is 1. The van der Waals surface area contributed by atoms with Gasteiger partial charge in [-0.2, -0.15) is 0 Å². The Labute approximate surface area is 164 Å². The second-order valence-corrected chi connectivity index (χ2v) is 10.1. The van der Waals surface area contributed by atoms with Crippen molar-refractivity contribution >= 4 is 35.6 Å². The number of rotatable bonds is 7. The summed E-state index contributed by atoms with van der Waals surface area (Å²) in [6, 6.07) is 30.1. The normalized spacial score (nSPS) is 11.3. The van der Waals surface area contributed by atoms with Crippen LogP contribution in [0.1, 0.15) is 0 Å². The number of aliphatic carboxylic acids is 1. The molecule has 1 N–H and O–H groups in total. The third-order valence-electron chi connectivity index (χ3n) is 4.59. The summed E-state index contributed by atoms with van der Waals surface area (Å²) in [5.41, 5.74) is 0. The third kappa shape index (κ3) is 4.27. The van der Waals surface area contributed by atoms with Gasteiger partial charge in [0.05, 0.1) is 6.23 Å². The van der Waals surface area contributed by atoms with E-state index in [1.165, 1.54) is 0 Å². The molecule has 0 aliphatic carbocycles. The van der Waals surface area contributed by atoms with Gasteiger partial charge in [-0.1, -0.05) is 91.0 Å². The van der Waals surface area contributed by atoms with Crippen LogP contribution >= 0.6 is 0 Å². The molecule has 0 heterocycles. The molecule has 0 radical (unpaired) electrons. The van der Waals surface area contributed by atoms with E-state index < -0.39 is 20.0 Å². The van der Waals surface area contributed by atoms with Crippen molar-refractivity contribution in [2.75, 3.05) is 6.23 Å². The first-order valence-electron chi connectivity index (χ1n) is 8.87. The Hall–Kier alpha value is -3.44. The van der Waals surface area contributed by atoms with Crippen LogP contribution in [-0.4, -0.2) is 31.3 Å². The van der Waals surface area contributed by atoms with E-state index in [2.05, 4.69) is 36.4 Å². The maximum Gasteiger partial charge on any atom is 0.330 e. The highest BCUT2D eigenvalue weighted by molar-refractivity contribution is 7.11. The molecule has 3 aromatic rings. The number of benzene rings is 3. The highest BCUT2D eigenvalue weighted by atomic mass is 28.3. The van der Waals surface area contributed by atoms with Gasteiger partial charge in [0.2, 0.25) is 0 Å². The fourth-order valence-corrected chi connectivity index (χ4v) is 7.43. The van der Waals surface area contributed by atoms with Crippen molar-refractivity contribution in [3.8, 4) is 0 Å². The topological polar surface area (TPSA) is 63.6 Å². The molecule has 0 bridgehead atoms. The zero-order valence-electron chi connectivity index (χ0n) is 15.2. The first-order valence-corrected chi connectivity index (χ1v) is 11.1. The van der Waals surface area contributed by atoms with Crippen molar-refractivity contribution < 1.29 is 19.4 Å². The first kappa shape index (κ1) is 19.3. The Bertz CT molecular complexity index is 857. The number of carbonyl (C=O) groups is 2. The van der Waals surface area contributed by atoms with Gasteiger partial charge in [0.15, 0.2) is 8.07 Å². The molecular weight excluding hydrogens is 368 g/mol. The lowest BCUT2D eigenvalue weighted by Crippen LogP contribution is -2.70. The van der Waals surface area contributed by atoms with E-state index in [0.717, 1.165) is 27.7 Å². The quantitative estimate of drug-likeness (QED) is 0.291. The Kier molecular flexibility index (Phi) is 6.19. The van der Waals surface area contributed by atoms with Gasteiger partial charge in [-0.05, 0) is 15.6 Å². The maximum atomic E-state index is 12.1. The molecule has 140 valence electrons. The summed E-state index contributed by atoms with van der Waals surface area (Å²) in [6.45, 7) is 0. The molecule has 0 saturated heterocycles. The number of carbonyl (C=O) groups excluding carboxylic acids is 1. The minimum absolute atomic E-state index is 0.174. The lowest BCUT2D eigenvalue weighted by atomic mass is 10.3. The second-order valence-electron chi connectivity index (χ2n) is 6.28.